The third-order valence-electron chi connectivity index (χ3n) is 6.79. The number of urea groups is 1. The predicted octanol–water partition coefficient (Wildman–Crippen LogP) is 4.04. The number of ketones is 1. The van der Waals surface area contributed by atoms with Gasteiger partial charge in [-0.05, 0) is 68.4 Å². The highest BCUT2D eigenvalue weighted by Gasteiger charge is 2.37. The maximum absolute atomic E-state index is 13.5. The molecular formula is C27H32FN3O4. The lowest BCUT2D eigenvalue weighted by Gasteiger charge is -2.38. The lowest BCUT2D eigenvalue weighted by Crippen LogP contribution is -2.54. The Morgan fingerprint density at radius 3 is 2.69 bits per heavy atom. The first-order valence-electron chi connectivity index (χ1n) is 12.2. The van der Waals surface area contributed by atoms with Gasteiger partial charge in [-0.15, -0.1) is 0 Å². The zero-order chi connectivity index (χ0) is 24.8. The van der Waals surface area contributed by atoms with Gasteiger partial charge in [0.05, 0.1) is 12.5 Å². The number of hydrogen-bond acceptors (Lipinski definition) is 4. The first kappa shape index (κ1) is 24.9. The quantitative estimate of drug-likeness (QED) is 0.610. The fourth-order valence-electron chi connectivity index (χ4n) is 4.93. The van der Waals surface area contributed by atoms with E-state index in [1.807, 2.05) is 4.90 Å². The van der Waals surface area contributed by atoms with Crippen LogP contribution in [0.3, 0.4) is 0 Å². The van der Waals surface area contributed by atoms with E-state index in [-0.39, 0.29) is 30.2 Å². The molecule has 2 aromatic rings. The van der Waals surface area contributed by atoms with Crippen LogP contribution in [-0.2, 0) is 16.0 Å². The van der Waals surface area contributed by atoms with Crippen molar-refractivity contribution in [3.8, 4) is 0 Å². The third-order valence-corrected chi connectivity index (χ3v) is 6.79. The molecule has 3 unspecified atom stereocenters. The molecule has 35 heavy (non-hydrogen) atoms. The molecule has 3 amide bonds. The summed E-state index contributed by atoms with van der Waals surface area (Å²) in [7, 11) is 0. The summed E-state index contributed by atoms with van der Waals surface area (Å²) in [6, 6.07) is 12.5. The summed E-state index contributed by atoms with van der Waals surface area (Å²) in [6.07, 6.45) is 3.28. The van der Waals surface area contributed by atoms with Crippen LogP contribution in [-0.4, -0.2) is 55.0 Å². The molecule has 2 heterocycles. The number of nitrogens with one attached hydrogen (secondary N) is 2. The summed E-state index contributed by atoms with van der Waals surface area (Å²) in [5, 5.41) is 5.71. The molecule has 0 saturated carbocycles. The molecule has 2 N–H and O–H groups in total. The number of carbonyl (C=O) groups excluding carboxylic acids is 3. The van der Waals surface area contributed by atoms with Gasteiger partial charge >= 0.3 is 6.03 Å². The van der Waals surface area contributed by atoms with Crippen LogP contribution in [0.2, 0.25) is 0 Å². The van der Waals surface area contributed by atoms with E-state index < -0.39 is 11.9 Å². The Kier molecular flexibility index (Phi) is 8.13. The Hall–Kier alpha value is -3.26. The molecule has 0 aromatic heterocycles. The summed E-state index contributed by atoms with van der Waals surface area (Å²) >= 11 is 0. The van der Waals surface area contributed by atoms with Crippen molar-refractivity contribution in [2.45, 2.75) is 38.6 Å². The zero-order valence-electron chi connectivity index (χ0n) is 20.0. The van der Waals surface area contributed by atoms with Crippen molar-refractivity contribution in [2.75, 3.05) is 31.6 Å². The average molecular weight is 482 g/mol. The highest BCUT2D eigenvalue weighted by Crippen LogP contribution is 2.25. The van der Waals surface area contributed by atoms with Crippen LogP contribution in [0.15, 0.2) is 48.5 Å². The average Bonchev–Trinajstić information content (AvgIpc) is 2.85. The number of nitrogens with zero attached hydrogens (tertiary/aromatic N) is 1. The number of rotatable bonds is 6. The summed E-state index contributed by atoms with van der Waals surface area (Å²) in [4.78, 5) is 39.6. The Labute approximate surface area is 205 Å². The molecule has 2 aliphatic rings. The van der Waals surface area contributed by atoms with E-state index >= 15 is 0 Å². The lowest BCUT2D eigenvalue weighted by atomic mass is 9.89. The molecule has 2 fully saturated rings. The van der Waals surface area contributed by atoms with Gasteiger partial charge in [0.2, 0.25) is 5.91 Å². The van der Waals surface area contributed by atoms with E-state index in [4.69, 9.17) is 4.74 Å². The number of anilines is 1. The number of ether oxygens (including phenoxy) is 1. The van der Waals surface area contributed by atoms with E-state index in [0.717, 1.165) is 24.8 Å². The molecule has 8 heteroatoms. The van der Waals surface area contributed by atoms with Crippen LogP contribution in [0.4, 0.5) is 14.9 Å². The Bertz CT molecular complexity index is 1060. The summed E-state index contributed by atoms with van der Waals surface area (Å²) in [5.41, 5.74) is 2.10. The fourth-order valence-corrected chi connectivity index (χ4v) is 4.93. The first-order valence-corrected chi connectivity index (χ1v) is 12.2. The maximum Gasteiger partial charge on any atom is 0.319 e. The molecule has 0 radical (unpaired) electrons. The van der Waals surface area contributed by atoms with Gasteiger partial charge in [0, 0.05) is 37.0 Å². The van der Waals surface area contributed by atoms with Crippen molar-refractivity contribution < 1.29 is 23.5 Å². The highest BCUT2D eigenvalue weighted by molar-refractivity contribution is 5.96. The molecule has 4 rings (SSSR count). The number of amides is 3. The van der Waals surface area contributed by atoms with Crippen molar-refractivity contribution in [2.24, 2.45) is 11.8 Å². The number of piperidine rings is 1. The number of likely N-dealkylation sites (tertiary alicyclic amines) is 1. The number of benzene rings is 2. The summed E-state index contributed by atoms with van der Waals surface area (Å²) < 4.78 is 18.8. The molecule has 0 bridgehead atoms. The van der Waals surface area contributed by atoms with Crippen molar-refractivity contribution in [3.63, 3.8) is 0 Å². The van der Waals surface area contributed by atoms with Crippen molar-refractivity contribution in [1.29, 1.82) is 0 Å². The Morgan fingerprint density at radius 1 is 1.11 bits per heavy atom. The number of carbonyl (C=O) groups is 3. The maximum atomic E-state index is 13.5. The second-order valence-electron chi connectivity index (χ2n) is 9.44. The number of hydrogen-bond donors (Lipinski definition) is 2. The molecule has 0 spiro atoms. The molecule has 186 valence electrons. The molecule has 2 aromatic carbocycles. The second-order valence-corrected chi connectivity index (χ2v) is 9.44. The minimum Gasteiger partial charge on any atom is -0.380 e. The van der Waals surface area contributed by atoms with Crippen LogP contribution in [0.25, 0.3) is 0 Å². The molecule has 0 aliphatic carbocycles. The van der Waals surface area contributed by atoms with Gasteiger partial charge in [-0.3, -0.25) is 9.59 Å². The van der Waals surface area contributed by atoms with Crippen LogP contribution in [0.1, 0.15) is 42.1 Å². The molecular weight excluding hydrogens is 449 g/mol. The largest absolute Gasteiger partial charge is 0.380 e. The Morgan fingerprint density at radius 2 is 1.91 bits per heavy atom. The summed E-state index contributed by atoms with van der Waals surface area (Å²) in [5.74, 6) is -0.477. The van der Waals surface area contributed by atoms with Crippen LogP contribution < -0.4 is 10.6 Å². The third kappa shape index (κ3) is 6.66. The standard InChI is InChI=1S/C27H32FN3O4/c1-18(32)21-5-2-6-23(15-21)29-27(34)30-25-11-13-35-17-24(25)26(33)31-12-3-4-20(16-31)14-19-7-9-22(28)10-8-19/h2,5-10,15,20,24-25H,3-4,11-14,16-17H2,1H3,(H2,29,30,34). The Balaban J connectivity index is 1.36. The smallest absolute Gasteiger partial charge is 0.319 e. The lowest BCUT2D eigenvalue weighted by molar-refractivity contribution is -0.142. The van der Waals surface area contributed by atoms with E-state index in [2.05, 4.69) is 10.6 Å². The van der Waals surface area contributed by atoms with Gasteiger partial charge in [0.15, 0.2) is 5.78 Å². The van der Waals surface area contributed by atoms with Gasteiger partial charge in [-0.1, -0.05) is 24.3 Å². The molecule has 3 atom stereocenters. The minimum atomic E-state index is -0.456. The van der Waals surface area contributed by atoms with Gasteiger partial charge in [0.1, 0.15) is 5.82 Å². The van der Waals surface area contributed by atoms with Crippen molar-refractivity contribution >= 4 is 23.4 Å². The molecule has 2 saturated heterocycles. The van der Waals surface area contributed by atoms with Gasteiger partial charge < -0.3 is 20.3 Å². The van der Waals surface area contributed by atoms with Crippen LogP contribution in [0, 0.1) is 17.7 Å². The SMILES string of the molecule is CC(=O)c1cccc(NC(=O)NC2CCOCC2C(=O)N2CCCC(Cc3ccc(F)cc3)C2)c1. The van der Waals surface area contributed by atoms with Crippen molar-refractivity contribution in [3.05, 3.63) is 65.5 Å². The summed E-state index contributed by atoms with van der Waals surface area (Å²) in [6.45, 7) is 3.54. The second kappa shape index (κ2) is 11.4. The van der Waals surface area contributed by atoms with Gasteiger partial charge in [-0.2, -0.15) is 0 Å². The van der Waals surface area contributed by atoms with Gasteiger partial charge in [0.25, 0.3) is 0 Å². The van der Waals surface area contributed by atoms with E-state index in [0.29, 0.717) is 43.3 Å². The zero-order valence-corrected chi connectivity index (χ0v) is 20.0. The van der Waals surface area contributed by atoms with Crippen LogP contribution in [0.5, 0.6) is 0 Å². The topological polar surface area (TPSA) is 87.7 Å². The van der Waals surface area contributed by atoms with E-state index in [1.54, 1.807) is 36.4 Å². The van der Waals surface area contributed by atoms with Crippen LogP contribution >= 0.6 is 0 Å². The van der Waals surface area contributed by atoms with E-state index in [9.17, 15) is 18.8 Å². The van der Waals surface area contributed by atoms with Gasteiger partial charge in [-0.25, -0.2) is 9.18 Å². The normalized spacial score (nSPS) is 22.3. The predicted molar refractivity (Wildman–Crippen MR) is 131 cm³/mol. The minimum absolute atomic E-state index is 0.00242. The van der Waals surface area contributed by atoms with E-state index in [1.165, 1.54) is 19.1 Å². The highest BCUT2D eigenvalue weighted by atomic mass is 19.1. The van der Waals surface area contributed by atoms with Crippen molar-refractivity contribution in [1.82, 2.24) is 10.2 Å². The fraction of sp³-hybridized carbons (Fsp3) is 0.444. The molecule has 2 aliphatic heterocycles. The number of halogens is 1. The monoisotopic (exact) mass is 481 g/mol. The number of Topliss-reactive ketones (excluding diaryl/α,β-unsaturated/α-hetero) is 1. The first-order chi connectivity index (χ1) is 16.9. The molecule has 7 nitrogen and oxygen atoms in total.